The predicted molar refractivity (Wildman–Crippen MR) is 97.7 cm³/mol. The summed E-state index contributed by atoms with van der Waals surface area (Å²) in [5.41, 5.74) is 1.37. The molecule has 4 nitrogen and oxygen atoms in total. The zero-order valence-electron chi connectivity index (χ0n) is 14.9. The summed E-state index contributed by atoms with van der Waals surface area (Å²) in [5.74, 6) is 1.07. The molecule has 1 amide bonds. The van der Waals surface area contributed by atoms with E-state index in [1.54, 1.807) is 0 Å². The van der Waals surface area contributed by atoms with Gasteiger partial charge in [-0.1, -0.05) is 30.3 Å². The molecule has 2 saturated heterocycles. The molecule has 1 aromatic carbocycles. The molecule has 1 aromatic rings. The molecule has 3 rings (SSSR count). The fourth-order valence-electron chi connectivity index (χ4n) is 4.04. The summed E-state index contributed by atoms with van der Waals surface area (Å²) in [4.78, 5) is 16.9. The third-order valence-electron chi connectivity index (χ3n) is 5.42. The number of rotatable bonds is 6. The summed E-state index contributed by atoms with van der Waals surface area (Å²) in [6.07, 6.45) is 5.35. The first kappa shape index (κ1) is 17.4. The van der Waals surface area contributed by atoms with Crippen LogP contribution in [0, 0.1) is 5.92 Å². The van der Waals surface area contributed by atoms with Crippen molar-refractivity contribution >= 4 is 5.91 Å². The fraction of sp³-hybridized carbons (Fsp3) is 0.650. The molecule has 1 N–H and O–H groups in total. The third kappa shape index (κ3) is 5.05. The minimum absolute atomic E-state index is 0.352. The van der Waals surface area contributed by atoms with Crippen LogP contribution in [0.4, 0.5) is 0 Å². The SMILES string of the molecule is CN(Cc1ccccc1)CC1CCN(C(=O)CC2CCCN2)CC1. The Labute approximate surface area is 146 Å². The van der Waals surface area contributed by atoms with E-state index in [1.165, 1.54) is 12.0 Å². The highest BCUT2D eigenvalue weighted by molar-refractivity contribution is 5.77. The van der Waals surface area contributed by atoms with Crippen LogP contribution < -0.4 is 5.32 Å². The molecule has 0 bridgehead atoms. The summed E-state index contributed by atoms with van der Waals surface area (Å²) in [5, 5.41) is 3.43. The molecular weight excluding hydrogens is 298 g/mol. The normalized spacial score (nSPS) is 22.2. The van der Waals surface area contributed by atoms with E-state index in [4.69, 9.17) is 0 Å². The van der Waals surface area contributed by atoms with E-state index in [-0.39, 0.29) is 0 Å². The van der Waals surface area contributed by atoms with Crippen molar-refractivity contribution in [3.05, 3.63) is 35.9 Å². The second-order valence-corrected chi connectivity index (χ2v) is 7.50. The molecule has 132 valence electrons. The first-order valence-electron chi connectivity index (χ1n) is 9.44. The smallest absolute Gasteiger partial charge is 0.224 e. The van der Waals surface area contributed by atoms with Gasteiger partial charge < -0.3 is 15.1 Å². The van der Waals surface area contributed by atoms with Gasteiger partial charge >= 0.3 is 0 Å². The average Bonchev–Trinajstić information content (AvgIpc) is 3.09. The fourth-order valence-corrected chi connectivity index (χ4v) is 4.04. The molecule has 2 fully saturated rings. The molecule has 1 atom stereocenters. The number of carbonyl (C=O) groups excluding carboxylic acids is 1. The zero-order valence-corrected chi connectivity index (χ0v) is 14.9. The Bertz CT molecular complexity index is 505. The number of hydrogen-bond acceptors (Lipinski definition) is 3. The van der Waals surface area contributed by atoms with Gasteiger partial charge in [0.1, 0.15) is 0 Å². The molecule has 2 aliphatic heterocycles. The Morgan fingerprint density at radius 1 is 1.21 bits per heavy atom. The van der Waals surface area contributed by atoms with Gasteiger partial charge in [-0.2, -0.15) is 0 Å². The summed E-state index contributed by atoms with van der Waals surface area (Å²) in [6, 6.07) is 11.1. The highest BCUT2D eigenvalue weighted by atomic mass is 16.2. The monoisotopic (exact) mass is 329 g/mol. The van der Waals surface area contributed by atoms with Crippen molar-refractivity contribution in [2.45, 2.75) is 44.7 Å². The minimum Gasteiger partial charge on any atom is -0.343 e. The maximum Gasteiger partial charge on any atom is 0.224 e. The van der Waals surface area contributed by atoms with E-state index < -0.39 is 0 Å². The van der Waals surface area contributed by atoms with Crippen LogP contribution in [0.5, 0.6) is 0 Å². The van der Waals surface area contributed by atoms with Gasteiger partial charge in [0.05, 0.1) is 0 Å². The Morgan fingerprint density at radius 2 is 1.96 bits per heavy atom. The first-order chi connectivity index (χ1) is 11.7. The van der Waals surface area contributed by atoms with Gasteiger partial charge in [-0.3, -0.25) is 4.79 Å². The number of likely N-dealkylation sites (tertiary alicyclic amines) is 1. The lowest BCUT2D eigenvalue weighted by molar-refractivity contribution is -0.133. The quantitative estimate of drug-likeness (QED) is 0.871. The van der Waals surface area contributed by atoms with Crippen LogP contribution in [0.1, 0.15) is 37.7 Å². The van der Waals surface area contributed by atoms with Crippen LogP contribution in [-0.2, 0) is 11.3 Å². The van der Waals surface area contributed by atoms with Crippen LogP contribution in [0.2, 0.25) is 0 Å². The Balaban J connectivity index is 1.37. The van der Waals surface area contributed by atoms with Gasteiger partial charge in [-0.05, 0) is 50.8 Å². The molecule has 2 heterocycles. The Morgan fingerprint density at radius 3 is 2.62 bits per heavy atom. The standard InChI is InChI=1S/C20H31N3O/c1-22(15-17-6-3-2-4-7-17)16-18-9-12-23(13-10-18)20(24)14-19-8-5-11-21-19/h2-4,6-7,18-19,21H,5,8-16H2,1H3. The lowest BCUT2D eigenvalue weighted by Gasteiger charge is -2.34. The van der Waals surface area contributed by atoms with E-state index in [1.807, 2.05) is 0 Å². The molecule has 0 spiro atoms. The first-order valence-corrected chi connectivity index (χ1v) is 9.44. The molecule has 0 saturated carbocycles. The molecule has 24 heavy (non-hydrogen) atoms. The van der Waals surface area contributed by atoms with Gasteiger partial charge in [-0.15, -0.1) is 0 Å². The van der Waals surface area contributed by atoms with Gasteiger partial charge in [0.25, 0.3) is 0 Å². The van der Waals surface area contributed by atoms with E-state index in [9.17, 15) is 4.79 Å². The maximum atomic E-state index is 12.4. The summed E-state index contributed by atoms with van der Waals surface area (Å²) >= 11 is 0. The molecule has 0 radical (unpaired) electrons. The number of benzene rings is 1. The van der Waals surface area contributed by atoms with E-state index >= 15 is 0 Å². The third-order valence-corrected chi connectivity index (χ3v) is 5.42. The van der Waals surface area contributed by atoms with Crippen molar-refractivity contribution in [1.82, 2.24) is 15.1 Å². The summed E-state index contributed by atoms with van der Waals surface area (Å²) in [6.45, 7) is 5.09. The van der Waals surface area contributed by atoms with Gasteiger partial charge in [0.2, 0.25) is 5.91 Å². The van der Waals surface area contributed by atoms with Crippen molar-refractivity contribution in [3.63, 3.8) is 0 Å². The number of carbonyl (C=O) groups is 1. The van der Waals surface area contributed by atoms with Crippen molar-refractivity contribution < 1.29 is 4.79 Å². The van der Waals surface area contributed by atoms with Crippen molar-refractivity contribution in [3.8, 4) is 0 Å². The van der Waals surface area contributed by atoms with Crippen molar-refractivity contribution in [1.29, 1.82) is 0 Å². The molecule has 2 aliphatic rings. The Hall–Kier alpha value is -1.39. The van der Waals surface area contributed by atoms with Gasteiger partial charge in [-0.25, -0.2) is 0 Å². The zero-order chi connectivity index (χ0) is 16.8. The predicted octanol–water partition coefficient (Wildman–Crippen LogP) is 2.50. The molecule has 0 aliphatic carbocycles. The van der Waals surface area contributed by atoms with Crippen molar-refractivity contribution in [2.24, 2.45) is 5.92 Å². The van der Waals surface area contributed by atoms with E-state index in [0.717, 1.165) is 52.0 Å². The molecule has 1 unspecified atom stereocenters. The molecule has 0 aromatic heterocycles. The van der Waals surface area contributed by atoms with Crippen LogP contribution in [0.15, 0.2) is 30.3 Å². The number of nitrogens with one attached hydrogen (secondary N) is 1. The van der Waals surface area contributed by atoms with Crippen LogP contribution in [0.25, 0.3) is 0 Å². The maximum absolute atomic E-state index is 12.4. The average molecular weight is 329 g/mol. The van der Waals surface area contributed by atoms with Crippen LogP contribution in [-0.4, -0.2) is 55.0 Å². The van der Waals surface area contributed by atoms with Crippen LogP contribution in [0.3, 0.4) is 0 Å². The van der Waals surface area contributed by atoms with Crippen LogP contribution >= 0.6 is 0 Å². The lowest BCUT2D eigenvalue weighted by atomic mass is 9.95. The topological polar surface area (TPSA) is 35.6 Å². The van der Waals surface area contributed by atoms with Crippen molar-refractivity contribution in [2.75, 3.05) is 33.2 Å². The second kappa shape index (κ2) is 8.63. The largest absolute Gasteiger partial charge is 0.343 e. The summed E-state index contributed by atoms with van der Waals surface area (Å²) in [7, 11) is 2.20. The molecule has 4 heteroatoms. The lowest BCUT2D eigenvalue weighted by Crippen LogP contribution is -2.42. The summed E-state index contributed by atoms with van der Waals surface area (Å²) < 4.78 is 0. The number of hydrogen-bond donors (Lipinski definition) is 1. The Kier molecular flexibility index (Phi) is 6.27. The van der Waals surface area contributed by atoms with E-state index in [0.29, 0.717) is 24.3 Å². The van der Waals surface area contributed by atoms with E-state index in [2.05, 4.69) is 52.5 Å². The highest BCUT2D eigenvalue weighted by Crippen LogP contribution is 2.20. The van der Waals surface area contributed by atoms with Gasteiger partial charge in [0.15, 0.2) is 0 Å². The molecular formula is C20H31N3O. The number of amides is 1. The number of nitrogens with zero attached hydrogens (tertiary/aromatic N) is 2. The van der Waals surface area contributed by atoms with Gasteiger partial charge in [0, 0.05) is 38.6 Å². The minimum atomic E-state index is 0.352. The highest BCUT2D eigenvalue weighted by Gasteiger charge is 2.26. The number of piperidine rings is 1. The second-order valence-electron chi connectivity index (χ2n) is 7.50.